The van der Waals surface area contributed by atoms with Gasteiger partial charge >= 0.3 is 0 Å². The van der Waals surface area contributed by atoms with Gasteiger partial charge in [-0.05, 0) is 57.6 Å². The van der Waals surface area contributed by atoms with E-state index in [1.165, 1.54) is 0 Å². The van der Waals surface area contributed by atoms with Gasteiger partial charge in [0.05, 0.1) is 28.5 Å². The molecule has 0 atom stereocenters. The third kappa shape index (κ3) is 5.50. The van der Waals surface area contributed by atoms with E-state index in [-0.39, 0.29) is 11.9 Å². The minimum absolute atomic E-state index is 0.0292. The zero-order valence-electron chi connectivity index (χ0n) is 20.8. The first-order valence-electron chi connectivity index (χ1n) is 12.2. The number of piperazine rings is 1. The minimum Gasteiger partial charge on any atom is -0.354 e. The average Bonchev–Trinajstić information content (AvgIpc) is 3.18. The van der Waals surface area contributed by atoms with Gasteiger partial charge in [-0.25, -0.2) is 4.68 Å². The number of nitrogens with zero attached hydrogens (tertiary/aromatic N) is 5. The summed E-state index contributed by atoms with van der Waals surface area (Å²) in [6.45, 7) is 13.6. The molecule has 1 saturated heterocycles. The summed E-state index contributed by atoms with van der Waals surface area (Å²) in [5, 5.41) is 5.82. The third-order valence-electron chi connectivity index (χ3n) is 6.65. The molecule has 1 aliphatic heterocycles. The Morgan fingerprint density at radius 1 is 1.06 bits per heavy atom. The third-order valence-corrected chi connectivity index (χ3v) is 7.20. The molecular formula is C27H33Cl2N5O. The van der Waals surface area contributed by atoms with Crippen LogP contribution in [0.4, 0.5) is 5.82 Å². The molecule has 35 heavy (non-hydrogen) atoms. The maximum Gasteiger partial charge on any atom is 0.255 e. The fraction of sp³-hybridized carbons (Fsp3) is 0.407. The van der Waals surface area contributed by atoms with Crippen molar-refractivity contribution in [1.82, 2.24) is 19.6 Å². The normalized spacial score (nSPS) is 14.5. The van der Waals surface area contributed by atoms with Gasteiger partial charge in [-0.1, -0.05) is 48.3 Å². The number of rotatable bonds is 7. The maximum absolute atomic E-state index is 13.6. The molecule has 0 spiro atoms. The summed E-state index contributed by atoms with van der Waals surface area (Å²) in [6.07, 6.45) is 0. The fourth-order valence-electron chi connectivity index (χ4n) is 4.56. The molecule has 0 aliphatic carbocycles. The predicted molar refractivity (Wildman–Crippen MR) is 144 cm³/mol. The van der Waals surface area contributed by atoms with Crippen molar-refractivity contribution in [3.05, 3.63) is 75.4 Å². The first kappa shape index (κ1) is 25.5. The lowest BCUT2D eigenvalue weighted by atomic mass is 10.1. The van der Waals surface area contributed by atoms with Crippen LogP contribution in [0.5, 0.6) is 0 Å². The lowest BCUT2D eigenvalue weighted by Gasteiger charge is -2.36. The monoisotopic (exact) mass is 513 g/mol. The number of carbonyl (C=O) groups excluding carboxylic acids is 1. The van der Waals surface area contributed by atoms with E-state index in [2.05, 4.69) is 28.9 Å². The van der Waals surface area contributed by atoms with E-state index in [1.54, 1.807) is 18.2 Å². The summed E-state index contributed by atoms with van der Waals surface area (Å²) in [7, 11) is 0. The van der Waals surface area contributed by atoms with E-state index in [0.717, 1.165) is 55.5 Å². The number of hydrogen-bond acceptors (Lipinski definition) is 4. The number of hydrogen-bond donors (Lipinski definition) is 0. The van der Waals surface area contributed by atoms with E-state index >= 15 is 0 Å². The minimum atomic E-state index is -0.115. The summed E-state index contributed by atoms with van der Waals surface area (Å²) in [5.74, 6) is 0.945. The van der Waals surface area contributed by atoms with Gasteiger partial charge in [-0.3, -0.25) is 4.79 Å². The number of amides is 1. The topological polar surface area (TPSA) is 44.6 Å². The van der Waals surface area contributed by atoms with Crippen LogP contribution in [-0.2, 0) is 6.54 Å². The molecule has 0 N–H and O–H groups in total. The van der Waals surface area contributed by atoms with Crippen LogP contribution in [0.2, 0.25) is 10.0 Å². The zero-order chi connectivity index (χ0) is 25.1. The van der Waals surface area contributed by atoms with Crippen LogP contribution >= 0.6 is 23.2 Å². The second kappa shape index (κ2) is 11.0. The van der Waals surface area contributed by atoms with Crippen LogP contribution in [-0.4, -0.2) is 64.3 Å². The van der Waals surface area contributed by atoms with Gasteiger partial charge in [-0.15, -0.1) is 0 Å². The molecule has 6 nitrogen and oxygen atoms in total. The van der Waals surface area contributed by atoms with Crippen LogP contribution in [0.3, 0.4) is 0 Å². The van der Waals surface area contributed by atoms with Crippen molar-refractivity contribution in [2.24, 2.45) is 0 Å². The van der Waals surface area contributed by atoms with Crippen LogP contribution in [0.25, 0.3) is 5.69 Å². The summed E-state index contributed by atoms with van der Waals surface area (Å²) in [6, 6.07) is 15.2. The number of anilines is 1. The number of benzene rings is 2. The van der Waals surface area contributed by atoms with Crippen molar-refractivity contribution in [1.29, 1.82) is 0 Å². The lowest BCUT2D eigenvalue weighted by molar-refractivity contribution is 0.0690. The smallest absolute Gasteiger partial charge is 0.255 e. The Kier molecular flexibility index (Phi) is 8.05. The van der Waals surface area contributed by atoms with Gasteiger partial charge in [0.15, 0.2) is 0 Å². The molecular weight excluding hydrogens is 481 g/mol. The molecule has 2 aromatic carbocycles. The van der Waals surface area contributed by atoms with E-state index in [4.69, 9.17) is 28.3 Å². The zero-order valence-corrected chi connectivity index (χ0v) is 22.4. The molecule has 0 bridgehead atoms. The van der Waals surface area contributed by atoms with Gasteiger partial charge in [0, 0.05) is 42.8 Å². The Morgan fingerprint density at radius 3 is 2.34 bits per heavy atom. The van der Waals surface area contributed by atoms with E-state index in [0.29, 0.717) is 22.2 Å². The van der Waals surface area contributed by atoms with Crippen molar-refractivity contribution >= 4 is 34.9 Å². The summed E-state index contributed by atoms with van der Waals surface area (Å²) in [4.78, 5) is 20.4. The molecule has 2 heterocycles. The van der Waals surface area contributed by atoms with Crippen LogP contribution in [0.1, 0.15) is 42.4 Å². The van der Waals surface area contributed by atoms with E-state index in [9.17, 15) is 4.79 Å². The maximum atomic E-state index is 13.6. The lowest BCUT2D eigenvalue weighted by Crippen LogP contribution is -2.47. The van der Waals surface area contributed by atoms with Gasteiger partial charge in [0.1, 0.15) is 5.82 Å². The first-order valence-corrected chi connectivity index (χ1v) is 12.9. The quantitative estimate of drug-likeness (QED) is 0.407. The Labute approximate surface area is 218 Å². The number of carbonyl (C=O) groups is 1. The molecule has 1 aliphatic rings. The van der Waals surface area contributed by atoms with Crippen molar-refractivity contribution in [2.45, 2.75) is 40.3 Å². The Bertz CT molecular complexity index is 1170. The standard InChI is InChI=1S/C27H33Cl2N5O/c1-5-31-13-15-32(16-14-31)26-24(20(4)30-34(26)22-9-7-6-8-10-22)18-33(19(2)3)27(35)23-12-11-21(28)17-25(23)29/h6-12,17,19H,5,13-16,18H2,1-4H3. The molecule has 0 unspecified atom stereocenters. The molecule has 186 valence electrons. The highest BCUT2D eigenvalue weighted by molar-refractivity contribution is 6.36. The number of halogens is 2. The Hall–Kier alpha value is -2.54. The number of para-hydroxylation sites is 1. The largest absolute Gasteiger partial charge is 0.354 e. The van der Waals surface area contributed by atoms with Crippen LogP contribution < -0.4 is 4.90 Å². The number of aromatic nitrogens is 2. The predicted octanol–water partition coefficient (Wildman–Crippen LogP) is 5.68. The fourth-order valence-corrected chi connectivity index (χ4v) is 5.05. The summed E-state index contributed by atoms with van der Waals surface area (Å²) in [5.41, 5.74) is 3.45. The van der Waals surface area contributed by atoms with Gasteiger partial charge in [0.25, 0.3) is 5.91 Å². The van der Waals surface area contributed by atoms with Crippen LogP contribution in [0.15, 0.2) is 48.5 Å². The SMILES string of the molecule is CCN1CCN(c2c(CN(C(=O)c3ccc(Cl)cc3Cl)C(C)C)c(C)nn2-c2ccccc2)CC1. The average molecular weight is 515 g/mol. The summed E-state index contributed by atoms with van der Waals surface area (Å²) >= 11 is 12.5. The first-order chi connectivity index (χ1) is 16.8. The highest BCUT2D eigenvalue weighted by atomic mass is 35.5. The molecule has 0 saturated carbocycles. The van der Waals surface area contributed by atoms with E-state index < -0.39 is 0 Å². The number of likely N-dealkylation sites (N-methyl/N-ethyl adjacent to an activating group) is 1. The highest BCUT2D eigenvalue weighted by Gasteiger charge is 2.29. The van der Waals surface area contributed by atoms with Crippen LogP contribution in [0, 0.1) is 6.92 Å². The second-order valence-corrected chi connectivity index (χ2v) is 10.1. The van der Waals surface area contributed by atoms with Gasteiger partial charge < -0.3 is 14.7 Å². The molecule has 1 aromatic heterocycles. The molecule has 1 fully saturated rings. The van der Waals surface area contributed by atoms with Crippen molar-refractivity contribution in [3.8, 4) is 5.69 Å². The Balaban J connectivity index is 1.75. The summed E-state index contributed by atoms with van der Waals surface area (Å²) < 4.78 is 2.03. The second-order valence-electron chi connectivity index (χ2n) is 9.21. The highest BCUT2D eigenvalue weighted by Crippen LogP contribution is 2.31. The molecule has 0 radical (unpaired) electrons. The Morgan fingerprint density at radius 2 is 1.74 bits per heavy atom. The van der Waals surface area contributed by atoms with E-state index in [1.807, 2.05) is 48.6 Å². The van der Waals surface area contributed by atoms with Crippen molar-refractivity contribution < 1.29 is 4.79 Å². The van der Waals surface area contributed by atoms with Crippen molar-refractivity contribution in [3.63, 3.8) is 0 Å². The van der Waals surface area contributed by atoms with Gasteiger partial charge in [0.2, 0.25) is 0 Å². The molecule has 4 rings (SSSR count). The molecule has 8 heteroatoms. The van der Waals surface area contributed by atoms with Gasteiger partial charge in [-0.2, -0.15) is 5.10 Å². The molecule has 1 amide bonds. The van der Waals surface area contributed by atoms with Crippen molar-refractivity contribution in [2.75, 3.05) is 37.6 Å². The molecule has 3 aromatic rings. The number of aryl methyl sites for hydroxylation is 1.